The number of hydrogen-bond donors (Lipinski definition) is 1. The molecule has 2 amide bonds. The minimum absolute atomic E-state index is 0.670. The molecule has 1 N–H and O–H groups in total. The van der Waals surface area contributed by atoms with Gasteiger partial charge in [-0.05, 0) is 0 Å². The van der Waals surface area contributed by atoms with Gasteiger partial charge in [-0.15, -0.1) is 0 Å². The predicted octanol–water partition coefficient (Wildman–Crippen LogP) is -0.297. The normalized spacial score (nSPS) is 7.75. The molecule has 0 aliphatic rings. The first-order chi connectivity index (χ1) is 3.66. The number of carbonyl (C=O) groups is 2. The van der Waals surface area contributed by atoms with Crippen molar-refractivity contribution in [1.82, 2.24) is 5.32 Å². The highest BCUT2D eigenvalue weighted by Crippen LogP contribution is 1.68. The lowest BCUT2D eigenvalue weighted by atomic mass is 10.7. The van der Waals surface area contributed by atoms with E-state index in [0.29, 0.717) is 0 Å². The Hall–Kier alpha value is -1.06. The first-order valence-corrected chi connectivity index (χ1v) is 1.87. The summed E-state index contributed by atoms with van der Waals surface area (Å²) in [5.41, 5.74) is 0. The topological polar surface area (TPSA) is 55.4 Å². The molecule has 0 bridgehead atoms. The summed E-state index contributed by atoms with van der Waals surface area (Å²) < 4.78 is 4.05. The number of amides is 2. The Bertz CT molecular complexity index is 110. The van der Waals surface area contributed by atoms with E-state index in [2.05, 4.69) is 11.7 Å². The third kappa shape index (κ3) is 3.14. The third-order valence-electron chi connectivity index (χ3n) is 0.427. The molecule has 4 nitrogen and oxygen atoms in total. The van der Waals surface area contributed by atoms with Crippen molar-refractivity contribution in [2.45, 2.75) is 0 Å². The molecule has 0 saturated carbocycles. The van der Waals surface area contributed by atoms with E-state index in [1.54, 1.807) is 5.32 Å². The van der Waals surface area contributed by atoms with E-state index in [9.17, 15) is 9.59 Å². The molecule has 0 aromatic carbocycles. The summed E-state index contributed by atoms with van der Waals surface area (Å²) in [5.74, 6) is -0.670. The molecule has 0 heterocycles. The summed E-state index contributed by atoms with van der Waals surface area (Å²) in [7, 11) is 1.16. The van der Waals surface area contributed by atoms with Crippen LogP contribution in [0.1, 0.15) is 0 Å². The van der Waals surface area contributed by atoms with Gasteiger partial charge in [0, 0.05) is 6.92 Å². The Morgan fingerprint density at radius 2 is 2.12 bits per heavy atom. The van der Waals surface area contributed by atoms with Crippen molar-refractivity contribution in [2.24, 2.45) is 0 Å². The molecule has 1 radical (unpaired) electrons. The van der Waals surface area contributed by atoms with Gasteiger partial charge in [-0.1, -0.05) is 0 Å². The van der Waals surface area contributed by atoms with Crippen LogP contribution in [-0.2, 0) is 9.53 Å². The van der Waals surface area contributed by atoms with Gasteiger partial charge in [-0.3, -0.25) is 10.1 Å². The fourth-order valence-corrected chi connectivity index (χ4v) is 0.165. The summed E-state index contributed by atoms with van der Waals surface area (Å²) in [6, 6.07) is 0. The monoisotopic (exact) mass is 116 g/mol. The molecule has 0 rings (SSSR count). The van der Waals surface area contributed by atoms with Crippen LogP contribution in [0.3, 0.4) is 0 Å². The second kappa shape index (κ2) is 3.01. The molecule has 4 heteroatoms. The summed E-state index contributed by atoms with van der Waals surface area (Å²) in [6.07, 6.45) is -0.787. The maximum atomic E-state index is 10.0. The second-order valence-electron chi connectivity index (χ2n) is 1.04. The molecule has 0 aliphatic carbocycles. The van der Waals surface area contributed by atoms with Gasteiger partial charge in [-0.2, -0.15) is 0 Å². The standard InChI is InChI=1S/C4H6NO3/c1-3(6)5-4(7)8-2/h1H2,2H3,(H,5,6,7). The van der Waals surface area contributed by atoms with Crippen molar-refractivity contribution in [3.05, 3.63) is 6.92 Å². The molecular weight excluding hydrogens is 110 g/mol. The molecule has 8 heavy (non-hydrogen) atoms. The molecule has 0 aromatic rings. The number of carbonyl (C=O) groups excluding carboxylic acids is 2. The van der Waals surface area contributed by atoms with Crippen LogP contribution in [0.25, 0.3) is 0 Å². The van der Waals surface area contributed by atoms with Crippen LogP contribution in [0.2, 0.25) is 0 Å². The van der Waals surface area contributed by atoms with Crippen LogP contribution in [0.4, 0.5) is 4.79 Å². The van der Waals surface area contributed by atoms with Crippen LogP contribution in [-0.4, -0.2) is 19.1 Å². The quantitative estimate of drug-likeness (QED) is 0.472. The van der Waals surface area contributed by atoms with Gasteiger partial charge >= 0.3 is 6.09 Å². The Labute approximate surface area is 46.8 Å². The highest BCUT2D eigenvalue weighted by molar-refractivity contribution is 5.93. The number of hydrogen-bond acceptors (Lipinski definition) is 3. The van der Waals surface area contributed by atoms with Gasteiger partial charge in [-0.25, -0.2) is 4.79 Å². The molecule has 0 spiro atoms. The maximum Gasteiger partial charge on any atom is 0.413 e. The molecule has 0 fully saturated rings. The van der Waals surface area contributed by atoms with Crippen LogP contribution in [0.5, 0.6) is 0 Å². The summed E-state index contributed by atoms with van der Waals surface area (Å²) >= 11 is 0. The van der Waals surface area contributed by atoms with Gasteiger partial charge in [0.25, 0.3) is 0 Å². The van der Waals surface area contributed by atoms with E-state index in [-0.39, 0.29) is 0 Å². The van der Waals surface area contributed by atoms with Crippen LogP contribution in [0.15, 0.2) is 0 Å². The average Bonchev–Trinajstić information content (AvgIpc) is 1.65. The second-order valence-corrected chi connectivity index (χ2v) is 1.04. The Morgan fingerprint density at radius 1 is 1.62 bits per heavy atom. The van der Waals surface area contributed by atoms with Crippen molar-refractivity contribution < 1.29 is 14.3 Å². The molecule has 0 aliphatic heterocycles. The SMILES string of the molecule is [CH2]C(=O)NC(=O)OC. The van der Waals surface area contributed by atoms with E-state index in [0.717, 1.165) is 7.11 Å². The molecular formula is C4H6NO3. The summed E-state index contributed by atoms with van der Waals surface area (Å²) in [4.78, 5) is 19.9. The zero-order valence-corrected chi connectivity index (χ0v) is 4.43. The van der Waals surface area contributed by atoms with Crippen molar-refractivity contribution in [2.75, 3.05) is 7.11 Å². The largest absolute Gasteiger partial charge is 0.453 e. The minimum atomic E-state index is -0.787. The third-order valence-corrected chi connectivity index (χ3v) is 0.427. The molecule has 0 unspecified atom stereocenters. The maximum absolute atomic E-state index is 10.0. The van der Waals surface area contributed by atoms with Gasteiger partial charge in [0.15, 0.2) is 0 Å². The fraction of sp³-hybridized carbons (Fsp3) is 0.250. The van der Waals surface area contributed by atoms with Crippen LogP contribution < -0.4 is 5.32 Å². The number of rotatable bonds is 0. The Morgan fingerprint density at radius 3 is 2.25 bits per heavy atom. The molecule has 0 saturated heterocycles. The smallest absolute Gasteiger partial charge is 0.413 e. The first kappa shape index (κ1) is 6.94. The zero-order chi connectivity index (χ0) is 6.57. The number of nitrogens with one attached hydrogen (secondary N) is 1. The highest BCUT2D eigenvalue weighted by atomic mass is 16.5. The molecule has 0 aromatic heterocycles. The van der Waals surface area contributed by atoms with Gasteiger partial charge in [0.1, 0.15) is 0 Å². The predicted molar refractivity (Wildman–Crippen MR) is 25.9 cm³/mol. The van der Waals surface area contributed by atoms with Gasteiger partial charge < -0.3 is 4.74 Å². The first-order valence-electron chi connectivity index (χ1n) is 1.87. The zero-order valence-electron chi connectivity index (χ0n) is 4.43. The number of methoxy groups -OCH3 is 1. The summed E-state index contributed by atoms with van der Waals surface area (Å²) in [5, 5.41) is 1.78. The van der Waals surface area contributed by atoms with Crippen molar-refractivity contribution >= 4 is 12.0 Å². The van der Waals surface area contributed by atoms with E-state index >= 15 is 0 Å². The highest BCUT2D eigenvalue weighted by Gasteiger charge is 1.98. The van der Waals surface area contributed by atoms with Crippen molar-refractivity contribution in [3.8, 4) is 0 Å². The van der Waals surface area contributed by atoms with Crippen LogP contribution >= 0.6 is 0 Å². The van der Waals surface area contributed by atoms with E-state index in [1.807, 2.05) is 0 Å². The van der Waals surface area contributed by atoms with E-state index < -0.39 is 12.0 Å². The van der Waals surface area contributed by atoms with Crippen molar-refractivity contribution in [1.29, 1.82) is 0 Å². The molecule has 0 atom stereocenters. The van der Waals surface area contributed by atoms with E-state index in [1.165, 1.54) is 0 Å². The Kier molecular flexibility index (Phi) is 2.61. The number of alkyl carbamates (subject to hydrolysis) is 1. The van der Waals surface area contributed by atoms with Gasteiger partial charge in [0.05, 0.1) is 7.11 Å². The number of ether oxygens (including phenoxy) is 1. The fourth-order valence-electron chi connectivity index (χ4n) is 0.165. The van der Waals surface area contributed by atoms with E-state index in [4.69, 9.17) is 0 Å². The lowest BCUT2D eigenvalue weighted by Gasteiger charge is -1.94. The van der Waals surface area contributed by atoms with Gasteiger partial charge in [0.2, 0.25) is 5.91 Å². The summed E-state index contributed by atoms with van der Waals surface area (Å²) in [6.45, 7) is 2.88. The minimum Gasteiger partial charge on any atom is -0.453 e. The van der Waals surface area contributed by atoms with Crippen molar-refractivity contribution in [3.63, 3.8) is 0 Å². The average molecular weight is 116 g/mol. The molecule has 45 valence electrons. The lowest BCUT2D eigenvalue weighted by Crippen LogP contribution is -2.27. The lowest BCUT2D eigenvalue weighted by molar-refractivity contribution is -0.116. The van der Waals surface area contributed by atoms with Crippen LogP contribution in [0, 0.1) is 6.92 Å². The Balaban J connectivity index is 3.40. The number of imide groups is 1.